The lowest BCUT2D eigenvalue weighted by molar-refractivity contribution is 1.50. The van der Waals surface area contributed by atoms with Gasteiger partial charge in [0, 0.05) is 0 Å². The molecule has 0 bridgehead atoms. The van der Waals surface area contributed by atoms with Gasteiger partial charge < -0.3 is 0 Å². The highest BCUT2D eigenvalue weighted by molar-refractivity contribution is 5.31. The van der Waals surface area contributed by atoms with Gasteiger partial charge in [-0.05, 0) is 12.5 Å². The Balaban J connectivity index is -0.000000249. The fourth-order valence-corrected chi connectivity index (χ4v) is 0.520. The summed E-state index contributed by atoms with van der Waals surface area (Å²) in [5.41, 5.74) is 1.09. The first-order valence-electron chi connectivity index (χ1n) is 3.93. The van der Waals surface area contributed by atoms with Gasteiger partial charge in [-0.3, -0.25) is 0 Å². The molecule has 12 heavy (non-hydrogen) atoms. The molecule has 0 fully saturated rings. The van der Waals surface area contributed by atoms with E-state index in [1.807, 2.05) is 39.0 Å². The highest BCUT2D eigenvalue weighted by Crippen LogP contribution is 1.96. The van der Waals surface area contributed by atoms with Crippen molar-refractivity contribution in [2.24, 2.45) is 0 Å². The van der Waals surface area contributed by atoms with E-state index in [-0.39, 0.29) is 7.43 Å². The molecule has 0 atom stereocenters. The zero-order valence-electron chi connectivity index (χ0n) is 7.80. The Morgan fingerprint density at radius 1 is 1.17 bits per heavy atom. The van der Waals surface area contributed by atoms with Gasteiger partial charge in [0.2, 0.25) is 0 Å². The Labute approximate surface area is 78.0 Å². The van der Waals surface area contributed by atoms with Crippen molar-refractivity contribution in [2.45, 2.75) is 28.2 Å². The van der Waals surface area contributed by atoms with Gasteiger partial charge in [0.1, 0.15) is 0 Å². The minimum Gasteiger partial charge on any atom is -0.0990 e. The maximum absolute atomic E-state index is 3.63. The molecule has 0 saturated heterocycles. The molecule has 70 valence electrons. The van der Waals surface area contributed by atoms with Crippen molar-refractivity contribution in [3.05, 3.63) is 49.1 Å². The Kier molecular flexibility index (Phi) is 23.6. The average Bonchev–Trinajstić information content (AvgIpc) is 2.08. The molecule has 0 heterocycles. The minimum absolute atomic E-state index is 0. The monoisotopic (exact) mass is 166 g/mol. The number of allylic oxidation sites excluding steroid dienone is 6. The van der Waals surface area contributed by atoms with E-state index < -0.39 is 0 Å². The van der Waals surface area contributed by atoms with E-state index in [0.29, 0.717) is 0 Å². The molecule has 0 N–H and O–H groups in total. The number of hydrogen-bond acceptors (Lipinski definition) is 0. The topological polar surface area (TPSA) is 0 Å². The van der Waals surface area contributed by atoms with Crippen LogP contribution in [0.5, 0.6) is 0 Å². The van der Waals surface area contributed by atoms with E-state index >= 15 is 0 Å². The van der Waals surface area contributed by atoms with Crippen LogP contribution in [-0.4, -0.2) is 0 Å². The number of hydrogen-bond donors (Lipinski definition) is 0. The van der Waals surface area contributed by atoms with Crippen LogP contribution in [-0.2, 0) is 0 Å². The molecule has 0 rings (SSSR count). The smallest absolute Gasteiger partial charge is 0.0266 e. The van der Waals surface area contributed by atoms with Crippen molar-refractivity contribution in [1.82, 2.24) is 0 Å². The summed E-state index contributed by atoms with van der Waals surface area (Å²) in [7, 11) is 0. The van der Waals surface area contributed by atoms with Crippen LogP contribution in [0.25, 0.3) is 0 Å². The lowest BCUT2D eigenvalue weighted by Crippen LogP contribution is -1.65. The second-order valence-electron chi connectivity index (χ2n) is 1.61. The highest BCUT2D eigenvalue weighted by atomic mass is 13.8. The maximum atomic E-state index is 3.63. The summed E-state index contributed by atoms with van der Waals surface area (Å²) in [6.07, 6.45) is 9.40. The average molecular weight is 166 g/mol. The predicted molar refractivity (Wildman–Crippen MR) is 61.4 cm³/mol. The van der Waals surface area contributed by atoms with Crippen molar-refractivity contribution < 1.29 is 0 Å². The van der Waals surface area contributed by atoms with Crippen LogP contribution < -0.4 is 0 Å². The fourth-order valence-electron chi connectivity index (χ4n) is 0.520. The summed E-state index contributed by atoms with van der Waals surface area (Å²) in [5.74, 6) is 0. The van der Waals surface area contributed by atoms with Gasteiger partial charge in [-0.1, -0.05) is 64.8 Å². The molecule has 0 aliphatic rings. The molecule has 0 radical (unpaired) electrons. The Hall–Kier alpha value is -1.04. The summed E-state index contributed by atoms with van der Waals surface area (Å²) in [4.78, 5) is 0. The quantitative estimate of drug-likeness (QED) is 0.541. The molecule has 0 aromatic rings. The molecule has 0 spiro atoms. The van der Waals surface area contributed by atoms with E-state index in [4.69, 9.17) is 0 Å². The predicted octanol–water partition coefficient (Wildman–Crippen LogP) is 4.52. The van der Waals surface area contributed by atoms with Crippen LogP contribution in [0.2, 0.25) is 0 Å². The molecule has 0 nitrogen and oxygen atoms in total. The van der Waals surface area contributed by atoms with Gasteiger partial charge >= 0.3 is 0 Å². The molecular formula is C12H22. The van der Waals surface area contributed by atoms with Gasteiger partial charge in [0.05, 0.1) is 0 Å². The molecule has 0 amide bonds. The lowest BCUT2D eigenvalue weighted by atomic mass is 10.2. The minimum atomic E-state index is 0. The molecular weight excluding hydrogens is 144 g/mol. The molecule has 0 aromatic carbocycles. The number of rotatable bonds is 3. The van der Waals surface area contributed by atoms with Gasteiger partial charge in [0.25, 0.3) is 0 Å². The Morgan fingerprint density at radius 2 is 1.67 bits per heavy atom. The lowest BCUT2D eigenvalue weighted by Gasteiger charge is -1.85. The van der Waals surface area contributed by atoms with E-state index in [0.717, 1.165) is 5.57 Å². The molecule has 0 saturated carbocycles. The third kappa shape index (κ3) is 11.7. The highest BCUT2D eigenvalue weighted by Gasteiger charge is 1.76. The molecule has 0 aliphatic carbocycles. The SMILES string of the molecule is C.C=C/C=C(C=C)\C=C/C.CC. The van der Waals surface area contributed by atoms with Crippen LogP contribution in [0.1, 0.15) is 28.2 Å². The second kappa shape index (κ2) is 16.5. The molecule has 0 unspecified atom stereocenters. The van der Waals surface area contributed by atoms with Gasteiger partial charge in [0.15, 0.2) is 0 Å². The summed E-state index contributed by atoms with van der Waals surface area (Å²) < 4.78 is 0. The maximum Gasteiger partial charge on any atom is -0.0266 e. The zero-order chi connectivity index (χ0) is 9.11. The molecule has 0 heteroatoms. The van der Waals surface area contributed by atoms with E-state index in [1.54, 1.807) is 12.2 Å². The Morgan fingerprint density at radius 3 is 1.92 bits per heavy atom. The van der Waals surface area contributed by atoms with Crippen LogP contribution in [0.4, 0.5) is 0 Å². The van der Waals surface area contributed by atoms with Crippen molar-refractivity contribution in [1.29, 1.82) is 0 Å². The third-order valence-electron chi connectivity index (χ3n) is 0.905. The first kappa shape index (κ1) is 17.2. The van der Waals surface area contributed by atoms with Gasteiger partial charge in [-0.15, -0.1) is 0 Å². The zero-order valence-corrected chi connectivity index (χ0v) is 7.80. The van der Waals surface area contributed by atoms with Crippen molar-refractivity contribution >= 4 is 0 Å². The summed E-state index contributed by atoms with van der Waals surface area (Å²) in [6.45, 7) is 13.2. The van der Waals surface area contributed by atoms with Crippen LogP contribution in [0, 0.1) is 0 Å². The van der Waals surface area contributed by atoms with Crippen molar-refractivity contribution in [3.63, 3.8) is 0 Å². The first-order valence-corrected chi connectivity index (χ1v) is 3.93. The van der Waals surface area contributed by atoms with E-state index in [1.165, 1.54) is 0 Å². The van der Waals surface area contributed by atoms with Crippen LogP contribution in [0.3, 0.4) is 0 Å². The first-order chi connectivity index (χ1) is 5.35. The standard InChI is InChI=1S/C9H12.C2H6.CH4/c1-4-7-9(6-3)8-5-2;1-2;/h4-8H,1,3H2,2H3;1-2H3;1H4/b8-5-,9-7-;;. The van der Waals surface area contributed by atoms with E-state index in [9.17, 15) is 0 Å². The van der Waals surface area contributed by atoms with Crippen LogP contribution in [0.15, 0.2) is 49.1 Å². The summed E-state index contributed by atoms with van der Waals surface area (Å²) >= 11 is 0. The summed E-state index contributed by atoms with van der Waals surface area (Å²) in [5, 5.41) is 0. The normalized spacial score (nSPS) is 9.42. The van der Waals surface area contributed by atoms with Crippen molar-refractivity contribution in [2.75, 3.05) is 0 Å². The van der Waals surface area contributed by atoms with Crippen molar-refractivity contribution in [3.8, 4) is 0 Å². The van der Waals surface area contributed by atoms with Gasteiger partial charge in [-0.2, -0.15) is 0 Å². The molecule has 0 aliphatic heterocycles. The molecule has 0 aromatic heterocycles. The van der Waals surface area contributed by atoms with Crippen LogP contribution >= 0.6 is 0 Å². The fraction of sp³-hybridized carbons (Fsp3) is 0.333. The largest absolute Gasteiger partial charge is 0.0990 e. The second-order valence-corrected chi connectivity index (χ2v) is 1.61. The third-order valence-corrected chi connectivity index (χ3v) is 0.905. The summed E-state index contributed by atoms with van der Waals surface area (Å²) in [6, 6.07) is 0. The van der Waals surface area contributed by atoms with Gasteiger partial charge in [-0.25, -0.2) is 0 Å². The Bertz CT molecular complexity index is 147. The van der Waals surface area contributed by atoms with E-state index in [2.05, 4.69) is 13.2 Å².